The number of aryl methyl sites for hydroxylation is 1. The van der Waals surface area contributed by atoms with Gasteiger partial charge in [-0.1, -0.05) is 19.4 Å². The Morgan fingerprint density at radius 1 is 1.47 bits per heavy atom. The minimum Gasteiger partial charge on any atom is -0.386 e. The Kier molecular flexibility index (Phi) is 4.21. The van der Waals surface area contributed by atoms with Gasteiger partial charge < -0.3 is 10.0 Å². The zero-order valence-corrected chi connectivity index (χ0v) is 12.6. The molecule has 1 fully saturated rings. The van der Waals surface area contributed by atoms with Crippen molar-refractivity contribution in [1.82, 2.24) is 4.90 Å². The molecule has 0 aromatic heterocycles. The monoisotopic (exact) mass is 279 g/mol. The van der Waals surface area contributed by atoms with E-state index in [0.29, 0.717) is 13.1 Å². The van der Waals surface area contributed by atoms with Gasteiger partial charge in [0.15, 0.2) is 0 Å². The lowest BCUT2D eigenvalue weighted by Crippen LogP contribution is -2.63. The van der Waals surface area contributed by atoms with Crippen molar-refractivity contribution in [2.75, 3.05) is 19.3 Å². The standard InChI is InChI=1S/C15H21NO2S/c1-4-7-15(18)9-16(10-15)14(17)13-8-12(19-3)6-5-11(13)2/h5-6,8,18H,4,7,9-10H2,1-3H3. The first-order valence-corrected chi connectivity index (χ1v) is 7.88. The SMILES string of the molecule is CCCC1(O)CN(C(=O)c2cc(SC)ccc2C)C1. The lowest BCUT2D eigenvalue weighted by atomic mass is 9.88. The van der Waals surface area contributed by atoms with Crippen molar-refractivity contribution in [2.24, 2.45) is 0 Å². The quantitative estimate of drug-likeness (QED) is 0.862. The molecule has 3 nitrogen and oxygen atoms in total. The molecule has 0 spiro atoms. The maximum absolute atomic E-state index is 12.4. The van der Waals surface area contributed by atoms with Gasteiger partial charge in [-0.05, 0) is 37.3 Å². The molecule has 1 aliphatic heterocycles. The zero-order chi connectivity index (χ0) is 14.0. The zero-order valence-electron chi connectivity index (χ0n) is 11.8. The van der Waals surface area contributed by atoms with Crippen LogP contribution in [0, 0.1) is 6.92 Å². The van der Waals surface area contributed by atoms with Crippen LogP contribution in [0.1, 0.15) is 35.7 Å². The van der Waals surface area contributed by atoms with Gasteiger partial charge in [0.1, 0.15) is 0 Å². The van der Waals surface area contributed by atoms with Gasteiger partial charge in [0.25, 0.3) is 5.91 Å². The molecule has 19 heavy (non-hydrogen) atoms. The Morgan fingerprint density at radius 2 is 2.16 bits per heavy atom. The number of carbonyl (C=O) groups excluding carboxylic acids is 1. The number of β-amino-alcohol motifs (C(OH)–C–C–N with tert-alkyl or cyclic N) is 1. The van der Waals surface area contributed by atoms with E-state index in [2.05, 4.69) is 6.92 Å². The van der Waals surface area contributed by atoms with E-state index >= 15 is 0 Å². The van der Waals surface area contributed by atoms with Crippen LogP contribution in [0.2, 0.25) is 0 Å². The third-order valence-corrected chi connectivity index (χ3v) is 4.37. The van der Waals surface area contributed by atoms with Gasteiger partial charge in [-0.25, -0.2) is 0 Å². The lowest BCUT2D eigenvalue weighted by molar-refractivity contribution is -0.0860. The van der Waals surface area contributed by atoms with Gasteiger partial charge in [0.2, 0.25) is 0 Å². The van der Waals surface area contributed by atoms with Crippen molar-refractivity contribution >= 4 is 17.7 Å². The first-order valence-electron chi connectivity index (χ1n) is 6.65. The highest BCUT2D eigenvalue weighted by Gasteiger charge is 2.43. The van der Waals surface area contributed by atoms with Crippen molar-refractivity contribution < 1.29 is 9.90 Å². The molecule has 0 aliphatic carbocycles. The maximum atomic E-state index is 12.4. The molecule has 2 rings (SSSR count). The molecule has 1 aromatic carbocycles. The van der Waals surface area contributed by atoms with Gasteiger partial charge in [0, 0.05) is 10.5 Å². The largest absolute Gasteiger partial charge is 0.386 e. The Balaban J connectivity index is 2.10. The predicted molar refractivity (Wildman–Crippen MR) is 78.7 cm³/mol. The van der Waals surface area contributed by atoms with E-state index in [0.717, 1.165) is 28.9 Å². The second-order valence-electron chi connectivity index (χ2n) is 5.32. The number of benzene rings is 1. The average molecular weight is 279 g/mol. The Morgan fingerprint density at radius 3 is 2.74 bits per heavy atom. The molecule has 1 aliphatic rings. The third-order valence-electron chi connectivity index (χ3n) is 3.65. The highest BCUT2D eigenvalue weighted by molar-refractivity contribution is 7.98. The van der Waals surface area contributed by atoms with E-state index < -0.39 is 5.60 Å². The van der Waals surface area contributed by atoms with Crippen LogP contribution in [-0.4, -0.2) is 40.9 Å². The minimum absolute atomic E-state index is 0.0363. The summed E-state index contributed by atoms with van der Waals surface area (Å²) in [4.78, 5) is 15.2. The molecule has 4 heteroatoms. The normalized spacial score (nSPS) is 17.2. The Bertz CT molecular complexity index is 481. The molecule has 1 amide bonds. The molecular formula is C15H21NO2S. The van der Waals surface area contributed by atoms with Gasteiger partial charge in [-0.2, -0.15) is 0 Å². The molecule has 1 aromatic rings. The summed E-state index contributed by atoms with van der Waals surface area (Å²) in [5.41, 5.74) is 1.09. The fraction of sp³-hybridized carbons (Fsp3) is 0.533. The van der Waals surface area contributed by atoms with E-state index in [1.165, 1.54) is 0 Å². The summed E-state index contributed by atoms with van der Waals surface area (Å²) >= 11 is 1.63. The van der Waals surface area contributed by atoms with Crippen molar-refractivity contribution in [3.05, 3.63) is 29.3 Å². The number of nitrogens with zero attached hydrogens (tertiary/aromatic N) is 1. The fourth-order valence-corrected chi connectivity index (χ4v) is 3.00. The average Bonchev–Trinajstić information content (AvgIpc) is 2.36. The topological polar surface area (TPSA) is 40.5 Å². The summed E-state index contributed by atoms with van der Waals surface area (Å²) in [5.74, 6) is 0.0363. The van der Waals surface area contributed by atoms with Crippen LogP contribution >= 0.6 is 11.8 Å². The van der Waals surface area contributed by atoms with Gasteiger partial charge in [-0.3, -0.25) is 4.79 Å². The predicted octanol–water partition coefficient (Wildman–Crippen LogP) is 2.70. The van der Waals surface area contributed by atoms with E-state index in [9.17, 15) is 9.90 Å². The summed E-state index contributed by atoms with van der Waals surface area (Å²) < 4.78 is 0. The van der Waals surface area contributed by atoms with Crippen LogP contribution in [0.3, 0.4) is 0 Å². The van der Waals surface area contributed by atoms with E-state index in [4.69, 9.17) is 0 Å². The fourth-order valence-electron chi connectivity index (χ4n) is 2.56. The van der Waals surface area contributed by atoms with E-state index in [-0.39, 0.29) is 5.91 Å². The van der Waals surface area contributed by atoms with Crippen LogP contribution in [0.4, 0.5) is 0 Å². The molecule has 104 valence electrons. The summed E-state index contributed by atoms with van der Waals surface area (Å²) in [7, 11) is 0. The first kappa shape index (κ1) is 14.4. The molecule has 1 heterocycles. The van der Waals surface area contributed by atoms with Gasteiger partial charge in [0.05, 0.1) is 18.7 Å². The molecule has 1 saturated heterocycles. The van der Waals surface area contributed by atoms with E-state index in [1.807, 2.05) is 31.4 Å². The molecule has 0 atom stereocenters. The first-order chi connectivity index (χ1) is 8.99. The summed E-state index contributed by atoms with van der Waals surface area (Å²) in [5, 5.41) is 10.1. The number of aliphatic hydroxyl groups is 1. The van der Waals surface area contributed by atoms with Crippen LogP contribution in [0.25, 0.3) is 0 Å². The van der Waals surface area contributed by atoms with Crippen molar-refractivity contribution in [2.45, 2.75) is 37.2 Å². The van der Waals surface area contributed by atoms with Crippen molar-refractivity contribution in [1.29, 1.82) is 0 Å². The number of amides is 1. The number of likely N-dealkylation sites (tertiary alicyclic amines) is 1. The van der Waals surface area contributed by atoms with Crippen molar-refractivity contribution in [3.63, 3.8) is 0 Å². The van der Waals surface area contributed by atoms with Crippen LogP contribution < -0.4 is 0 Å². The Labute approximate surface area is 119 Å². The van der Waals surface area contributed by atoms with Crippen molar-refractivity contribution in [3.8, 4) is 0 Å². The minimum atomic E-state index is -0.657. The Hall–Kier alpha value is -1.00. The maximum Gasteiger partial charge on any atom is 0.254 e. The second-order valence-corrected chi connectivity index (χ2v) is 6.20. The van der Waals surface area contributed by atoms with E-state index in [1.54, 1.807) is 16.7 Å². The molecule has 1 N–H and O–H groups in total. The molecule has 0 radical (unpaired) electrons. The van der Waals surface area contributed by atoms with Crippen LogP contribution in [0.15, 0.2) is 23.1 Å². The smallest absolute Gasteiger partial charge is 0.254 e. The van der Waals surface area contributed by atoms with Gasteiger partial charge >= 0.3 is 0 Å². The van der Waals surface area contributed by atoms with Gasteiger partial charge in [-0.15, -0.1) is 11.8 Å². The molecular weight excluding hydrogens is 258 g/mol. The number of hydrogen-bond donors (Lipinski definition) is 1. The lowest BCUT2D eigenvalue weighted by Gasteiger charge is -2.46. The highest BCUT2D eigenvalue weighted by Crippen LogP contribution is 2.29. The summed E-state index contributed by atoms with van der Waals surface area (Å²) in [6, 6.07) is 5.96. The number of hydrogen-bond acceptors (Lipinski definition) is 3. The van der Waals surface area contributed by atoms with Crippen LogP contribution in [0.5, 0.6) is 0 Å². The summed E-state index contributed by atoms with van der Waals surface area (Å²) in [6.45, 7) is 4.93. The number of carbonyl (C=O) groups is 1. The van der Waals surface area contributed by atoms with Crippen LogP contribution in [-0.2, 0) is 0 Å². The summed E-state index contributed by atoms with van der Waals surface area (Å²) in [6.07, 6.45) is 3.71. The number of rotatable bonds is 4. The molecule has 0 bridgehead atoms. The molecule has 0 unspecified atom stereocenters. The molecule has 0 saturated carbocycles. The second kappa shape index (κ2) is 5.55. The number of thioether (sulfide) groups is 1. The highest BCUT2D eigenvalue weighted by atomic mass is 32.2. The third kappa shape index (κ3) is 2.95.